The molecule has 1 aromatic rings. The van der Waals surface area contributed by atoms with Gasteiger partial charge >= 0.3 is 0 Å². The summed E-state index contributed by atoms with van der Waals surface area (Å²) in [6, 6.07) is 7.92. The zero-order valence-electron chi connectivity index (χ0n) is 11.6. The number of carbonyl (C=O) groups is 1. The van der Waals surface area contributed by atoms with Gasteiger partial charge in [0.15, 0.2) is 0 Å². The molecule has 0 aliphatic rings. The van der Waals surface area contributed by atoms with Gasteiger partial charge in [-0.2, -0.15) is 0 Å². The van der Waals surface area contributed by atoms with E-state index in [4.69, 9.17) is 5.73 Å². The molecule has 1 rings (SSSR count). The number of nitrogens with zero attached hydrogens (tertiary/aromatic N) is 1. The number of hydrogen-bond acceptors (Lipinski definition) is 2. The van der Waals surface area contributed by atoms with Crippen LogP contribution in [0.1, 0.15) is 39.2 Å². The molecule has 0 atom stereocenters. The number of nitrogens with two attached hydrogens (primary N) is 1. The largest absolute Gasteiger partial charge is 0.326 e. The van der Waals surface area contributed by atoms with Crippen molar-refractivity contribution in [3.63, 3.8) is 0 Å². The molecule has 0 saturated heterocycles. The lowest BCUT2D eigenvalue weighted by atomic mass is 10.0. The summed E-state index contributed by atoms with van der Waals surface area (Å²) in [4.78, 5) is 14.3. The lowest BCUT2D eigenvalue weighted by Gasteiger charge is -2.25. The van der Waals surface area contributed by atoms with Crippen LogP contribution in [0.4, 0.5) is 5.69 Å². The van der Waals surface area contributed by atoms with Gasteiger partial charge in [-0.15, -0.1) is 0 Å². The van der Waals surface area contributed by atoms with Crippen molar-refractivity contribution in [2.75, 3.05) is 11.4 Å². The smallest absolute Gasteiger partial charge is 0.230 e. The first-order valence-corrected chi connectivity index (χ1v) is 6.78. The summed E-state index contributed by atoms with van der Waals surface area (Å²) in [6.07, 6.45) is 1.79. The fraction of sp³-hybridized carbons (Fsp3) is 0.533. The molecule has 0 aromatic heterocycles. The summed E-state index contributed by atoms with van der Waals surface area (Å²) in [5.41, 5.74) is 7.63. The zero-order chi connectivity index (χ0) is 13.5. The van der Waals surface area contributed by atoms with Gasteiger partial charge in [0.05, 0.1) is 0 Å². The monoisotopic (exact) mass is 248 g/mol. The van der Waals surface area contributed by atoms with Crippen LogP contribution in [0.25, 0.3) is 0 Å². The van der Waals surface area contributed by atoms with Crippen LogP contribution in [0.15, 0.2) is 24.3 Å². The third-order valence-electron chi connectivity index (χ3n) is 3.40. The van der Waals surface area contributed by atoms with Crippen molar-refractivity contribution in [2.24, 2.45) is 11.7 Å². The van der Waals surface area contributed by atoms with E-state index in [1.807, 2.05) is 36.1 Å². The van der Waals surface area contributed by atoms with E-state index in [0.29, 0.717) is 13.1 Å². The van der Waals surface area contributed by atoms with E-state index >= 15 is 0 Å². The second kappa shape index (κ2) is 7.17. The van der Waals surface area contributed by atoms with Crippen molar-refractivity contribution in [2.45, 2.75) is 40.2 Å². The van der Waals surface area contributed by atoms with Gasteiger partial charge in [0.2, 0.25) is 5.91 Å². The summed E-state index contributed by atoms with van der Waals surface area (Å²) < 4.78 is 0. The molecule has 0 saturated carbocycles. The highest BCUT2D eigenvalue weighted by atomic mass is 16.2. The topological polar surface area (TPSA) is 46.3 Å². The van der Waals surface area contributed by atoms with Crippen molar-refractivity contribution in [3.05, 3.63) is 29.8 Å². The lowest BCUT2D eigenvalue weighted by molar-refractivity contribution is -0.122. The quantitative estimate of drug-likeness (QED) is 0.841. The van der Waals surface area contributed by atoms with Gasteiger partial charge in [0, 0.05) is 24.7 Å². The highest BCUT2D eigenvalue weighted by molar-refractivity contribution is 5.94. The second-order valence-corrected chi connectivity index (χ2v) is 4.47. The van der Waals surface area contributed by atoms with Crippen LogP contribution in [0.3, 0.4) is 0 Å². The van der Waals surface area contributed by atoms with Crippen LogP contribution < -0.4 is 10.6 Å². The van der Waals surface area contributed by atoms with Crippen LogP contribution in [0.5, 0.6) is 0 Å². The van der Waals surface area contributed by atoms with E-state index < -0.39 is 0 Å². The molecule has 0 radical (unpaired) electrons. The minimum absolute atomic E-state index is 0.124. The molecule has 100 valence electrons. The molecule has 3 heteroatoms. The van der Waals surface area contributed by atoms with E-state index in [-0.39, 0.29) is 11.8 Å². The number of anilines is 1. The molecule has 0 heterocycles. The predicted molar refractivity (Wildman–Crippen MR) is 76.4 cm³/mol. The molecule has 1 aromatic carbocycles. The average Bonchev–Trinajstić information content (AvgIpc) is 2.42. The Morgan fingerprint density at radius 3 is 2.11 bits per heavy atom. The van der Waals surface area contributed by atoms with E-state index in [1.165, 1.54) is 0 Å². The van der Waals surface area contributed by atoms with Gasteiger partial charge in [-0.3, -0.25) is 4.79 Å². The molecular formula is C15H24N2O. The van der Waals surface area contributed by atoms with Crippen LogP contribution in [-0.2, 0) is 11.3 Å². The van der Waals surface area contributed by atoms with Crippen LogP contribution in [0.2, 0.25) is 0 Å². The second-order valence-electron chi connectivity index (χ2n) is 4.47. The summed E-state index contributed by atoms with van der Waals surface area (Å²) in [7, 11) is 0. The Labute approximate surface area is 110 Å². The normalized spacial score (nSPS) is 10.7. The van der Waals surface area contributed by atoms with Crippen molar-refractivity contribution in [1.82, 2.24) is 0 Å². The first-order valence-electron chi connectivity index (χ1n) is 6.78. The summed E-state index contributed by atoms with van der Waals surface area (Å²) in [5, 5.41) is 0. The fourth-order valence-electron chi connectivity index (χ4n) is 2.14. The van der Waals surface area contributed by atoms with Crippen LogP contribution in [-0.4, -0.2) is 12.5 Å². The van der Waals surface area contributed by atoms with E-state index in [2.05, 4.69) is 13.8 Å². The Bertz CT molecular complexity index is 369. The number of rotatable bonds is 6. The molecule has 0 spiro atoms. The SMILES string of the molecule is CCC(CC)C(=O)N(CC)c1ccc(CN)cc1. The third kappa shape index (κ3) is 3.33. The van der Waals surface area contributed by atoms with Crippen molar-refractivity contribution in [1.29, 1.82) is 0 Å². The molecule has 0 aliphatic heterocycles. The maximum atomic E-state index is 12.4. The van der Waals surface area contributed by atoms with Gasteiger partial charge in [-0.1, -0.05) is 26.0 Å². The Kier molecular flexibility index (Phi) is 5.86. The molecule has 3 nitrogen and oxygen atoms in total. The Hall–Kier alpha value is -1.35. The fourth-order valence-corrected chi connectivity index (χ4v) is 2.14. The Morgan fingerprint density at radius 1 is 1.17 bits per heavy atom. The highest BCUT2D eigenvalue weighted by Crippen LogP contribution is 2.20. The number of hydrogen-bond donors (Lipinski definition) is 1. The molecule has 1 amide bonds. The van der Waals surface area contributed by atoms with Gasteiger partial charge in [0.25, 0.3) is 0 Å². The summed E-state index contributed by atoms with van der Waals surface area (Å²) in [6.45, 7) is 7.39. The Balaban J connectivity index is 2.90. The zero-order valence-corrected chi connectivity index (χ0v) is 11.6. The van der Waals surface area contributed by atoms with E-state index in [9.17, 15) is 4.79 Å². The van der Waals surface area contributed by atoms with Gasteiger partial charge in [-0.05, 0) is 37.5 Å². The van der Waals surface area contributed by atoms with Crippen LogP contribution >= 0.6 is 0 Å². The number of carbonyl (C=O) groups excluding carboxylic acids is 1. The van der Waals surface area contributed by atoms with Crippen molar-refractivity contribution >= 4 is 11.6 Å². The summed E-state index contributed by atoms with van der Waals surface area (Å²) >= 11 is 0. The van der Waals surface area contributed by atoms with Crippen molar-refractivity contribution in [3.8, 4) is 0 Å². The molecule has 0 fully saturated rings. The Morgan fingerprint density at radius 2 is 1.72 bits per heavy atom. The summed E-state index contributed by atoms with van der Waals surface area (Å²) in [5.74, 6) is 0.349. The molecule has 18 heavy (non-hydrogen) atoms. The maximum Gasteiger partial charge on any atom is 0.230 e. The molecule has 0 unspecified atom stereocenters. The van der Waals surface area contributed by atoms with Gasteiger partial charge < -0.3 is 10.6 Å². The minimum atomic E-state index is 0.124. The molecule has 0 bridgehead atoms. The molecule has 2 N–H and O–H groups in total. The average molecular weight is 248 g/mol. The standard InChI is InChI=1S/C15H24N2O/c1-4-13(5-2)15(18)17(6-3)14-9-7-12(11-16)8-10-14/h7-10,13H,4-6,11,16H2,1-3H3. The minimum Gasteiger partial charge on any atom is -0.326 e. The molecular weight excluding hydrogens is 224 g/mol. The van der Waals surface area contributed by atoms with Crippen LogP contribution in [0, 0.1) is 5.92 Å². The lowest BCUT2D eigenvalue weighted by Crippen LogP contribution is -2.35. The van der Waals surface area contributed by atoms with Gasteiger partial charge in [-0.25, -0.2) is 0 Å². The highest BCUT2D eigenvalue weighted by Gasteiger charge is 2.21. The first kappa shape index (κ1) is 14.7. The maximum absolute atomic E-state index is 12.4. The predicted octanol–water partition coefficient (Wildman–Crippen LogP) is 2.93. The number of amides is 1. The third-order valence-corrected chi connectivity index (χ3v) is 3.40. The first-order chi connectivity index (χ1) is 8.67. The van der Waals surface area contributed by atoms with E-state index in [0.717, 1.165) is 24.1 Å². The number of benzene rings is 1. The van der Waals surface area contributed by atoms with Gasteiger partial charge in [0.1, 0.15) is 0 Å². The molecule has 0 aliphatic carbocycles. The van der Waals surface area contributed by atoms with E-state index in [1.54, 1.807) is 0 Å². The van der Waals surface area contributed by atoms with Crippen molar-refractivity contribution < 1.29 is 4.79 Å².